The van der Waals surface area contributed by atoms with Crippen molar-refractivity contribution in [3.8, 4) is 11.5 Å². The van der Waals surface area contributed by atoms with Crippen LogP contribution in [0.15, 0.2) is 30.7 Å². The number of rotatable bonds is 1. The Morgan fingerprint density at radius 2 is 2.07 bits per heavy atom. The maximum Gasteiger partial charge on any atom is 0.341 e. The summed E-state index contributed by atoms with van der Waals surface area (Å²) in [5.74, 6) is 0.456. The predicted octanol–water partition coefficient (Wildman–Crippen LogP) is 1.72. The molecule has 0 aliphatic carbocycles. The van der Waals surface area contributed by atoms with Crippen LogP contribution >= 0.6 is 0 Å². The van der Waals surface area contributed by atoms with E-state index in [0.717, 1.165) is 0 Å². The maximum absolute atomic E-state index is 11.3. The van der Waals surface area contributed by atoms with Gasteiger partial charge in [0.05, 0.1) is 7.11 Å². The molecule has 14 heavy (non-hydrogen) atoms. The SMILES string of the molecule is COC(=O)c1cccc2c1OC=CO2. The number of esters is 1. The number of carbonyl (C=O) groups is 1. The molecule has 0 saturated carbocycles. The zero-order valence-electron chi connectivity index (χ0n) is 7.52. The molecule has 0 saturated heterocycles. The van der Waals surface area contributed by atoms with Gasteiger partial charge in [-0.3, -0.25) is 0 Å². The molecule has 0 aromatic heterocycles. The Morgan fingerprint density at radius 3 is 2.86 bits per heavy atom. The molecule has 2 rings (SSSR count). The van der Waals surface area contributed by atoms with Crippen LogP contribution in [0.1, 0.15) is 10.4 Å². The van der Waals surface area contributed by atoms with Gasteiger partial charge in [-0.05, 0) is 12.1 Å². The molecular formula is C10H8O4. The van der Waals surface area contributed by atoms with Crippen molar-refractivity contribution in [3.05, 3.63) is 36.3 Å². The van der Waals surface area contributed by atoms with Gasteiger partial charge in [0.25, 0.3) is 0 Å². The molecule has 0 bridgehead atoms. The average Bonchev–Trinajstić information content (AvgIpc) is 2.27. The highest BCUT2D eigenvalue weighted by atomic mass is 16.6. The molecule has 0 N–H and O–H groups in total. The topological polar surface area (TPSA) is 44.8 Å². The van der Waals surface area contributed by atoms with Crippen LogP contribution in [0, 0.1) is 0 Å². The molecule has 0 atom stereocenters. The molecule has 1 aliphatic rings. The zero-order chi connectivity index (χ0) is 9.97. The summed E-state index contributed by atoms with van der Waals surface area (Å²) < 4.78 is 14.9. The van der Waals surface area contributed by atoms with E-state index in [9.17, 15) is 4.79 Å². The first-order valence-electron chi connectivity index (χ1n) is 4.02. The Labute approximate surface area is 80.7 Å². The predicted molar refractivity (Wildman–Crippen MR) is 48.2 cm³/mol. The number of hydrogen-bond acceptors (Lipinski definition) is 4. The average molecular weight is 192 g/mol. The lowest BCUT2D eigenvalue weighted by atomic mass is 10.2. The van der Waals surface area contributed by atoms with Crippen molar-refractivity contribution in [2.24, 2.45) is 0 Å². The molecule has 0 spiro atoms. The van der Waals surface area contributed by atoms with Gasteiger partial charge in [0, 0.05) is 0 Å². The van der Waals surface area contributed by atoms with Crippen molar-refractivity contribution >= 4 is 5.97 Å². The van der Waals surface area contributed by atoms with Crippen LogP contribution in [-0.2, 0) is 4.74 Å². The van der Waals surface area contributed by atoms with Crippen LogP contribution in [0.25, 0.3) is 0 Å². The number of para-hydroxylation sites is 1. The Morgan fingerprint density at radius 1 is 1.29 bits per heavy atom. The van der Waals surface area contributed by atoms with E-state index in [0.29, 0.717) is 17.1 Å². The summed E-state index contributed by atoms with van der Waals surface area (Å²) in [5, 5.41) is 0. The highest BCUT2D eigenvalue weighted by Crippen LogP contribution is 2.34. The summed E-state index contributed by atoms with van der Waals surface area (Å²) in [4.78, 5) is 11.3. The summed E-state index contributed by atoms with van der Waals surface area (Å²) >= 11 is 0. The number of benzene rings is 1. The van der Waals surface area contributed by atoms with Crippen LogP contribution in [0.3, 0.4) is 0 Å². The fourth-order valence-corrected chi connectivity index (χ4v) is 1.20. The molecule has 4 heteroatoms. The van der Waals surface area contributed by atoms with E-state index in [-0.39, 0.29) is 0 Å². The summed E-state index contributed by atoms with van der Waals surface area (Å²) in [7, 11) is 1.32. The van der Waals surface area contributed by atoms with Crippen LogP contribution < -0.4 is 9.47 Å². The quantitative estimate of drug-likeness (QED) is 0.635. The van der Waals surface area contributed by atoms with Gasteiger partial charge in [0.15, 0.2) is 11.5 Å². The van der Waals surface area contributed by atoms with E-state index in [1.54, 1.807) is 18.2 Å². The summed E-state index contributed by atoms with van der Waals surface area (Å²) in [6.07, 6.45) is 2.78. The first-order chi connectivity index (χ1) is 6.83. The van der Waals surface area contributed by atoms with Gasteiger partial charge in [-0.25, -0.2) is 4.79 Å². The van der Waals surface area contributed by atoms with Crippen LogP contribution in [0.4, 0.5) is 0 Å². The van der Waals surface area contributed by atoms with Gasteiger partial charge in [0.2, 0.25) is 0 Å². The van der Waals surface area contributed by atoms with Gasteiger partial charge in [-0.1, -0.05) is 6.07 Å². The van der Waals surface area contributed by atoms with Crippen molar-refractivity contribution < 1.29 is 19.0 Å². The second-order valence-corrected chi connectivity index (χ2v) is 2.63. The molecule has 0 unspecified atom stereocenters. The van der Waals surface area contributed by atoms with Gasteiger partial charge < -0.3 is 14.2 Å². The fraction of sp³-hybridized carbons (Fsp3) is 0.100. The summed E-state index contributed by atoms with van der Waals surface area (Å²) in [6, 6.07) is 5.03. The monoisotopic (exact) mass is 192 g/mol. The lowest BCUT2D eigenvalue weighted by Gasteiger charge is -2.14. The molecule has 72 valence electrons. The molecule has 0 amide bonds. The fourth-order valence-electron chi connectivity index (χ4n) is 1.20. The number of carbonyl (C=O) groups excluding carboxylic acids is 1. The standard InChI is InChI=1S/C10H8O4/c1-12-10(11)7-3-2-4-8-9(7)14-6-5-13-8/h2-6H,1H3. The molecule has 1 aromatic rings. The first-order valence-corrected chi connectivity index (χ1v) is 4.02. The lowest BCUT2D eigenvalue weighted by Crippen LogP contribution is -2.06. The molecule has 0 radical (unpaired) electrons. The molecule has 0 fully saturated rings. The highest BCUT2D eigenvalue weighted by Gasteiger charge is 2.18. The maximum atomic E-state index is 11.3. The summed E-state index contributed by atoms with van der Waals surface area (Å²) in [5.41, 5.74) is 0.356. The Balaban J connectivity index is 2.48. The minimum Gasteiger partial charge on any atom is -0.465 e. The normalized spacial score (nSPS) is 12.4. The van der Waals surface area contributed by atoms with Crippen molar-refractivity contribution in [2.75, 3.05) is 7.11 Å². The van der Waals surface area contributed by atoms with E-state index < -0.39 is 5.97 Å². The van der Waals surface area contributed by atoms with E-state index in [1.165, 1.54) is 19.6 Å². The Bertz CT molecular complexity index is 395. The Kier molecular flexibility index (Phi) is 2.10. The largest absolute Gasteiger partial charge is 0.465 e. The third kappa shape index (κ3) is 1.31. The van der Waals surface area contributed by atoms with E-state index in [4.69, 9.17) is 9.47 Å². The molecule has 1 heterocycles. The van der Waals surface area contributed by atoms with Crippen LogP contribution in [0.2, 0.25) is 0 Å². The van der Waals surface area contributed by atoms with Crippen molar-refractivity contribution in [3.63, 3.8) is 0 Å². The second-order valence-electron chi connectivity index (χ2n) is 2.63. The van der Waals surface area contributed by atoms with Crippen molar-refractivity contribution in [1.82, 2.24) is 0 Å². The lowest BCUT2D eigenvalue weighted by molar-refractivity contribution is 0.0596. The van der Waals surface area contributed by atoms with Crippen LogP contribution in [0.5, 0.6) is 11.5 Å². The van der Waals surface area contributed by atoms with E-state index in [2.05, 4.69) is 4.74 Å². The van der Waals surface area contributed by atoms with E-state index in [1.807, 2.05) is 0 Å². The van der Waals surface area contributed by atoms with Gasteiger partial charge >= 0.3 is 5.97 Å². The minimum atomic E-state index is -0.444. The first kappa shape index (κ1) is 8.62. The van der Waals surface area contributed by atoms with Gasteiger partial charge in [0.1, 0.15) is 18.1 Å². The highest BCUT2D eigenvalue weighted by molar-refractivity contribution is 5.93. The van der Waals surface area contributed by atoms with Crippen molar-refractivity contribution in [2.45, 2.75) is 0 Å². The zero-order valence-corrected chi connectivity index (χ0v) is 7.52. The van der Waals surface area contributed by atoms with Gasteiger partial charge in [-0.15, -0.1) is 0 Å². The van der Waals surface area contributed by atoms with Crippen LogP contribution in [-0.4, -0.2) is 13.1 Å². The molecular weight excluding hydrogens is 184 g/mol. The molecule has 1 aliphatic heterocycles. The molecule has 1 aromatic carbocycles. The number of fused-ring (bicyclic) bond motifs is 1. The van der Waals surface area contributed by atoms with Gasteiger partial charge in [-0.2, -0.15) is 0 Å². The molecule has 4 nitrogen and oxygen atoms in total. The third-order valence-corrected chi connectivity index (χ3v) is 1.82. The third-order valence-electron chi connectivity index (χ3n) is 1.82. The smallest absolute Gasteiger partial charge is 0.341 e. The number of ether oxygens (including phenoxy) is 3. The number of methoxy groups -OCH3 is 1. The number of hydrogen-bond donors (Lipinski definition) is 0. The van der Waals surface area contributed by atoms with E-state index >= 15 is 0 Å². The minimum absolute atomic E-state index is 0.356. The summed E-state index contributed by atoms with van der Waals surface area (Å²) in [6.45, 7) is 0. The van der Waals surface area contributed by atoms with Crippen molar-refractivity contribution in [1.29, 1.82) is 0 Å². The Hall–Kier alpha value is -1.97. The second kappa shape index (κ2) is 3.41.